The van der Waals surface area contributed by atoms with E-state index in [0.717, 1.165) is 23.5 Å². The second kappa shape index (κ2) is 11.3. The maximum absolute atomic E-state index is 12.8. The van der Waals surface area contributed by atoms with E-state index in [1.807, 2.05) is 51.1 Å². The van der Waals surface area contributed by atoms with Crippen molar-refractivity contribution in [2.75, 3.05) is 30.3 Å². The number of nitrogens with zero attached hydrogens (tertiary/aromatic N) is 3. The molecule has 0 unspecified atom stereocenters. The molecule has 0 bridgehead atoms. The van der Waals surface area contributed by atoms with Gasteiger partial charge in [-0.1, -0.05) is 48.3 Å². The minimum absolute atomic E-state index is 0.0570. The molecule has 0 aliphatic rings. The van der Waals surface area contributed by atoms with Crippen molar-refractivity contribution in [1.29, 1.82) is 0 Å². The molecule has 1 heterocycles. The monoisotopic (exact) mass is 487 g/mol. The van der Waals surface area contributed by atoms with Crippen LogP contribution in [0.1, 0.15) is 24.7 Å². The number of hydrogen-bond donors (Lipinski definition) is 2. The lowest BCUT2D eigenvalue weighted by atomic mass is 10.2. The van der Waals surface area contributed by atoms with E-state index in [1.54, 1.807) is 27.8 Å². The lowest BCUT2D eigenvalue weighted by molar-refractivity contribution is -0.120. The third-order valence-corrected chi connectivity index (χ3v) is 5.58. The minimum Gasteiger partial charge on any atom is -0.324 e. The lowest BCUT2D eigenvalue weighted by Crippen LogP contribution is -2.39. The molecule has 0 aliphatic carbocycles. The van der Waals surface area contributed by atoms with E-state index in [4.69, 9.17) is 23.2 Å². The first-order valence-corrected chi connectivity index (χ1v) is 11.4. The fourth-order valence-corrected chi connectivity index (χ4v) is 4.00. The number of benzene rings is 2. The van der Waals surface area contributed by atoms with Crippen molar-refractivity contribution in [2.45, 2.75) is 27.2 Å². The number of para-hydroxylation sites is 1. The highest BCUT2D eigenvalue weighted by atomic mass is 35.5. The zero-order valence-corrected chi connectivity index (χ0v) is 20.4. The Morgan fingerprint density at radius 1 is 1.00 bits per heavy atom. The molecule has 1 aromatic heterocycles. The zero-order valence-electron chi connectivity index (χ0n) is 18.9. The van der Waals surface area contributed by atoms with E-state index < -0.39 is 0 Å². The van der Waals surface area contributed by atoms with Gasteiger partial charge in [-0.2, -0.15) is 5.10 Å². The molecule has 2 amide bonds. The van der Waals surface area contributed by atoms with Gasteiger partial charge in [-0.15, -0.1) is 0 Å². The molecule has 0 fully saturated rings. The van der Waals surface area contributed by atoms with Gasteiger partial charge in [0, 0.05) is 5.02 Å². The molecule has 2 aromatic carbocycles. The van der Waals surface area contributed by atoms with Crippen LogP contribution in [0, 0.1) is 13.8 Å². The number of aromatic nitrogens is 2. The molecular formula is C24H27Cl2N5O2. The second-order valence-electron chi connectivity index (χ2n) is 7.72. The van der Waals surface area contributed by atoms with Crippen LogP contribution in [0.3, 0.4) is 0 Å². The first kappa shape index (κ1) is 24.8. The highest BCUT2D eigenvalue weighted by Crippen LogP contribution is 2.25. The van der Waals surface area contributed by atoms with Crippen LogP contribution in [0.15, 0.2) is 48.5 Å². The Balaban J connectivity index is 1.64. The minimum atomic E-state index is -0.260. The molecule has 0 atom stereocenters. The lowest BCUT2D eigenvalue weighted by Gasteiger charge is -2.21. The predicted octanol–water partition coefficient (Wildman–Crippen LogP) is 5.09. The number of nitrogens with one attached hydrogen (secondary N) is 2. The maximum atomic E-state index is 12.8. The Kier molecular flexibility index (Phi) is 8.49. The predicted molar refractivity (Wildman–Crippen MR) is 133 cm³/mol. The number of carbonyl (C=O) groups excluding carboxylic acids is 2. The fourth-order valence-electron chi connectivity index (χ4n) is 3.54. The number of amides is 2. The van der Waals surface area contributed by atoms with Crippen molar-refractivity contribution in [2.24, 2.45) is 0 Å². The number of rotatable bonds is 9. The standard InChI is InChI=1S/C24H27Cl2N5O2/c1-4-12-30(14-22(32)27-21-11-10-18(25)13-20(21)26)15-23(33)28-24-16(2)29-31(17(24)3)19-8-6-5-7-9-19/h5-11,13H,4,12,14-15H2,1-3H3,(H,27,32)(H,28,33). The van der Waals surface area contributed by atoms with Crippen LogP contribution in [0.4, 0.5) is 11.4 Å². The zero-order chi connectivity index (χ0) is 24.0. The highest BCUT2D eigenvalue weighted by Gasteiger charge is 2.19. The summed E-state index contributed by atoms with van der Waals surface area (Å²) < 4.78 is 1.80. The largest absolute Gasteiger partial charge is 0.324 e. The Bertz CT molecular complexity index is 1130. The molecule has 0 saturated carbocycles. The molecule has 9 heteroatoms. The summed E-state index contributed by atoms with van der Waals surface area (Å²) in [5.74, 6) is -0.468. The summed E-state index contributed by atoms with van der Waals surface area (Å²) in [6.45, 7) is 6.49. The van der Waals surface area contributed by atoms with Crippen molar-refractivity contribution in [1.82, 2.24) is 14.7 Å². The summed E-state index contributed by atoms with van der Waals surface area (Å²) in [6, 6.07) is 14.6. The van der Waals surface area contributed by atoms with Gasteiger partial charge in [0.1, 0.15) is 0 Å². The van der Waals surface area contributed by atoms with E-state index in [1.165, 1.54) is 0 Å². The van der Waals surface area contributed by atoms with Gasteiger partial charge in [-0.05, 0) is 57.1 Å². The molecule has 0 saturated heterocycles. The molecule has 0 aliphatic heterocycles. The smallest absolute Gasteiger partial charge is 0.238 e. The summed E-state index contributed by atoms with van der Waals surface area (Å²) in [4.78, 5) is 27.2. The van der Waals surface area contributed by atoms with E-state index in [0.29, 0.717) is 28.0 Å². The van der Waals surface area contributed by atoms with Gasteiger partial charge in [-0.3, -0.25) is 14.5 Å². The van der Waals surface area contributed by atoms with Gasteiger partial charge < -0.3 is 10.6 Å². The van der Waals surface area contributed by atoms with Crippen LogP contribution in [-0.2, 0) is 9.59 Å². The van der Waals surface area contributed by atoms with Crippen LogP contribution in [0.5, 0.6) is 0 Å². The third-order valence-electron chi connectivity index (χ3n) is 5.04. The normalized spacial score (nSPS) is 11.0. The van der Waals surface area contributed by atoms with E-state index in [2.05, 4.69) is 15.7 Å². The van der Waals surface area contributed by atoms with Crippen LogP contribution in [0.2, 0.25) is 10.0 Å². The number of hydrogen-bond acceptors (Lipinski definition) is 4. The Morgan fingerprint density at radius 2 is 1.67 bits per heavy atom. The number of aryl methyl sites for hydroxylation is 1. The van der Waals surface area contributed by atoms with Gasteiger partial charge in [0.2, 0.25) is 11.8 Å². The summed E-state index contributed by atoms with van der Waals surface area (Å²) in [5, 5.41) is 11.1. The molecule has 3 rings (SSSR count). The van der Waals surface area contributed by atoms with Gasteiger partial charge >= 0.3 is 0 Å². The highest BCUT2D eigenvalue weighted by molar-refractivity contribution is 6.36. The maximum Gasteiger partial charge on any atom is 0.238 e. The van der Waals surface area contributed by atoms with Crippen LogP contribution in [0.25, 0.3) is 5.69 Å². The quantitative estimate of drug-likeness (QED) is 0.440. The van der Waals surface area contributed by atoms with Crippen LogP contribution >= 0.6 is 23.2 Å². The Morgan fingerprint density at radius 3 is 2.30 bits per heavy atom. The Hall–Kier alpha value is -2.87. The summed E-state index contributed by atoms with van der Waals surface area (Å²) >= 11 is 12.0. The average molecular weight is 488 g/mol. The average Bonchev–Trinajstić information content (AvgIpc) is 3.04. The van der Waals surface area contributed by atoms with Crippen molar-refractivity contribution < 1.29 is 9.59 Å². The SMILES string of the molecule is CCCN(CC(=O)Nc1ccc(Cl)cc1Cl)CC(=O)Nc1c(C)nn(-c2ccccc2)c1C. The molecule has 33 heavy (non-hydrogen) atoms. The third kappa shape index (κ3) is 6.57. The van der Waals surface area contributed by atoms with Gasteiger partial charge in [0.25, 0.3) is 0 Å². The van der Waals surface area contributed by atoms with Crippen molar-refractivity contribution >= 4 is 46.4 Å². The van der Waals surface area contributed by atoms with Crippen LogP contribution in [-0.4, -0.2) is 46.1 Å². The first-order chi connectivity index (χ1) is 15.8. The van der Waals surface area contributed by atoms with Gasteiger partial charge in [0.05, 0.1) is 46.6 Å². The van der Waals surface area contributed by atoms with Gasteiger partial charge in [-0.25, -0.2) is 4.68 Å². The number of anilines is 2. The molecule has 174 valence electrons. The number of carbonyl (C=O) groups is 2. The van der Waals surface area contributed by atoms with Crippen LogP contribution < -0.4 is 10.6 Å². The number of halogens is 2. The molecule has 3 aromatic rings. The van der Waals surface area contributed by atoms with Crippen molar-refractivity contribution in [3.8, 4) is 5.69 Å². The molecule has 7 nitrogen and oxygen atoms in total. The fraction of sp³-hybridized carbons (Fsp3) is 0.292. The van der Waals surface area contributed by atoms with Gasteiger partial charge in [0.15, 0.2) is 0 Å². The van der Waals surface area contributed by atoms with Crippen molar-refractivity contribution in [3.63, 3.8) is 0 Å². The van der Waals surface area contributed by atoms with Crippen molar-refractivity contribution in [3.05, 3.63) is 70.0 Å². The van der Waals surface area contributed by atoms with E-state index in [-0.39, 0.29) is 24.9 Å². The topological polar surface area (TPSA) is 79.3 Å². The molecule has 0 spiro atoms. The summed E-state index contributed by atoms with van der Waals surface area (Å²) in [7, 11) is 0. The first-order valence-electron chi connectivity index (χ1n) is 10.7. The summed E-state index contributed by atoms with van der Waals surface area (Å²) in [6.07, 6.45) is 0.798. The van der Waals surface area contributed by atoms with E-state index >= 15 is 0 Å². The molecule has 2 N–H and O–H groups in total. The molecular weight excluding hydrogens is 461 g/mol. The Labute approximate surface area is 203 Å². The molecule has 0 radical (unpaired) electrons. The summed E-state index contributed by atoms with van der Waals surface area (Å²) in [5.41, 5.74) is 3.64. The van der Waals surface area contributed by atoms with E-state index in [9.17, 15) is 9.59 Å². The second-order valence-corrected chi connectivity index (χ2v) is 8.57.